The summed E-state index contributed by atoms with van der Waals surface area (Å²) in [6, 6.07) is 17.6. The number of nitro groups is 1. The van der Waals surface area contributed by atoms with Crippen LogP contribution < -0.4 is 10.6 Å². The van der Waals surface area contributed by atoms with E-state index in [-0.39, 0.29) is 27.9 Å². The maximum Gasteiger partial charge on any atom is 0.293 e. The molecular formula is C26H16Cl2N4O5S. The molecule has 2 aromatic heterocycles. The molecule has 0 radical (unpaired) electrons. The van der Waals surface area contributed by atoms with Gasteiger partial charge in [0.2, 0.25) is 5.89 Å². The average Bonchev–Trinajstić information content (AvgIpc) is 3.53. The van der Waals surface area contributed by atoms with Gasteiger partial charge in [0.25, 0.3) is 11.6 Å². The van der Waals surface area contributed by atoms with Crippen LogP contribution in [0, 0.1) is 17.0 Å². The molecule has 190 valence electrons. The van der Waals surface area contributed by atoms with Gasteiger partial charge in [0, 0.05) is 22.3 Å². The summed E-state index contributed by atoms with van der Waals surface area (Å²) >= 11 is 17.6. The number of aromatic nitrogens is 1. The number of halogens is 2. The van der Waals surface area contributed by atoms with Crippen LogP contribution in [0.15, 0.2) is 75.6 Å². The van der Waals surface area contributed by atoms with Gasteiger partial charge in [0.1, 0.15) is 11.3 Å². The Labute approximate surface area is 230 Å². The Kier molecular flexibility index (Phi) is 6.85. The Bertz CT molecular complexity index is 1750. The topological polar surface area (TPSA) is 123 Å². The number of rotatable bonds is 5. The van der Waals surface area contributed by atoms with E-state index in [4.69, 9.17) is 44.3 Å². The van der Waals surface area contributed by atoms with E-state index >= 15 is 0 Å². The summed E-state index contributed by atoms with van der Waals surface area (Å²) in [5.41, 5.74) is 3.13. The summed E-state index contributed by atoms with van der Waals surface area (Å²) in [5, 5.41) is 17.7. The van der Waals surface area contributed by atoms with Gasteiger partial charge in [-0.3, -0.25) is 20.2 Å². The average molecular weight is 567 g/mol. The number of amides is 1. The van der Waals surface area contributed by atoms with Crippen molar-refractivity contribution in [2.45, 2.75) is 6.92 Å². The number of fused-ring (bicyclic) bond motifs is 1. The zero-order chi connectivity index (χ0) is 27.0. The van der Waals surface area contributed by atoms with Gasteiger partial charge in [-0.25, -0.2) is 4.98 Å². The number of nitrogens with one attached hydrogen (secondary N) is 2. The zero-order valence-corrected chi connectivity index (χ0v) is 21.8. The summed E-state index contributed by atoms with van der Waals surface area (Å²) in [6.07, 6.45) is 0. The molecule has 0 saturated heterocycles. The third-order valence-corrected chi connectivity index (χ3v) is 6.35. The largest absolute Gasteiger partial charge is 0.451 e. The van der Waals surface area contributed by atoms with Crippen LogP contribution in [0.2, 0.25) is 10.0 Å². The number of carbonyl (C=O) groups is 1. The normalized spacial score (nSPS) is 10.9. The highest BCUT2D eigenvalue weighted by Crippen LogP contribution is 2.35. The first-order chi connectivity index (χ1) is 18.2. The molecule has 5 rings (SSSR count). The zero-order valence-electron chi connectivity index (χ0n) is 19.5. The van der Waals surface area contributed by atoms with Crippen molar-refractivity contribution < 1.29 is 18.6 Å². The minimum Gasteiger partial charge on any atom is -0.451 e. The van der Waals surface area contributed by atoms with Crippen LogP contribution >= 0.6 is 35.4 Å². The molecule has 0 unspecified atom stereocenters. The number of benzene rings is 3. The van der Waals surface area contributed by atoms with Crippen molar-refractivity contribution in [1.29, 1.82) is 0 Å². The number of anilines is 1. The summed E-state index contributed by atoms with van der Waals surface area (Å²) in [5.74, 6) is -0.149. The van der Waals surface area contributed by atoms with Gasteiger partial charge in [-0.2, -0.15) is 0 Å². The van der Waals surface area contributed by atoms with Gasteiger partial charge in [-0.1, -0.05) is 41.4 Å². The van der Waals surface area contributed by atoms with E-state index in [0.717, 1.165) is 5.56 Å². The molecule has 0 aliphatic carbocycles. The van der Waals surface area contributed by atoms with Crippen LogP contribution in [-0.2, 0) is 0 Å². The highest BCUT2D eigenvalue weighted by atomic mass is 35.5. The Morgan fingerprint density at radius 1 is 1.03 bits per heavy atom. The Hall–Kier alpha value is -4.25. The van der Waals surface area contributed by atoms with E-state index in [2.05, 4.69) is 15.6 Å². The van der Waals surface area contributed by atoms with E-state index in [9.17, 15) is 14.9 Å². The molecule has 9 nitrogen and oxygen atoms in total. The van der Waals surface area contributed by atoms with Crippen molar-refractivity contribution >= 4 is 68.9 Å². The lowest BCUT2D eigenvalue weighted by molar-refractivity contribution is -0.384. The molecule has 0 fully saturated rings. The summed E-state index contributed by atoms with van der Waals surface area (Å²) in [4.78, 5) is 28.0. The molecule has 0 aliphatic heterocycles. The Balaban J connectivity index is 1.33. The number of hydrogen-bond donors (Lipinski definition) is 2. The van der Waals surface area contributed by atoms with Gasteiger partial charge in [-0.05, 0) is 67.2 Å². The van der Waals surface area contributed by atoms with Crippen molar-refractivity contribution in [2.24, 2.45) is 0 Å². The molecule has 2 heterocycles. The standard InChI is InChI=1S/C26H16Cl2N4O5S/c1-13-15(25-29-19-12-14(27)11-17(28)23(19)37-25)6-4-7-18(13)30-26(38)31-24(33)22-10-9-21(36-22)16-5-2-3-8-20(16)32(34)35/h2-12H,1H3,(H2,30,31,33,38). The molecule has 2 N–H and O–H groups in total. The van der Waals surface area contributed by atoms with Gasteiger partial charge >= 0.3 is 0 Å². The lowest BCUT2D eigenvalue weighted by atomic mass is 10.1. The van der Waals surface area contributed by atoms with Gasteiger partial charge < -0.3 is 14.2 Å². The molecular weight excluding hydrogens is 551 g/mol. The smallest absolute Gasteiger partial charge is 0.293 e. The molecule has 3 aromatic carbocycles. The van der Waals surface area contributed by atoms with Crippen LogP contribution in [0.25, 0.3) is 33.9 Å². The number of carbonyl (C=O) groups excluding carboxylic acids is 1. The van der Waals surface area contributed by atoms with Gasteiger partial charge in [-0.15, -0.1) is 0 Å². The van der Waals surface area contributed by atoms with Gasteiger partial charge in [0.05, 0.1) is 15.5 Å². The van der Waals surface area contributed by atoms with Crippen molar-refractivity contribution in [3.8, 4) is 22.8 Å². The minimum atomic E-state index is -0.619. The second-order valence-electron chi connectivity index (χ2n) is 8.08. The number of hydrogen-bond acceptors (Lipinski definition) is 7. The first-order valence-electron chi connectivity index (χ1n) is 11.0. The first kappa shape index (κ1) is 25.4. The number of para-hydroxylation sites is 1. The predicted molar refractivity (Wildman–Crippen MR) is 149 cm³/mol. The fourth-order valence-electron chi connectivity index (χ4n) is 3.84. The fraction of sp³-hybridized carbons (Fsp3) is 0.0385. The maximum absolute atomic E-state index is 12.7. The van der Waals surface area contributed by atoms with Crippen LogP contribution in [-0.4, -0.2) is 20.9 Å². The molecule has 1 amide bonds. The molecule has 0 spiro atoms. The number of nitro benzene ring substituents is 1. The third-order valence-electron chi connectivity index (χ3n) is 5.64. The molecule has 0 atom stereocenters. The number of oxazole rings is 1. The molecule has 0 saturated carbocycles. The third kappa shape index (κ3) is 4.97. The predicted octanol–water partition coefficient (Wildman–Crippen LogP) is 7.41. The molecule has 0 bridgehead atoms. The van der Waals surface area contributed by atoms with E-state index in [1.165, 1.54) is 18.2 Å². The van der Waals surface area contributed by atoms with E-state index < -0.39 is 10.8 Å². The quantitative estimate of drug-likeness (QED) is 0.128. The van der Waals surface area contributed by atoms with Crippen LogP contribution in [0.4, 0.5) is 11.4 Å². The lowest BCUT2D eigenvalue weighted by Gasteiger charge is -2.13. The van der Waals surface area contributed by atoms with Crippen LogP contribution in [0.5, 0.6) is 0 Å². The maximum atomic E-state index is 12.7. The summed E-state index contributed by atoms with van der Waals surface area (Å²) in [6.45, 7) is 1.84. The van der Waals surface area contributed by atoms with Crippen LogP contribution in [0.3, 0.4) is 0 Å². The van der Waals surface area contributed by atoms with Crippen molar-refractivity contribution in [3.05, 3.63) is 98.2 Å². The lowest BCUT2D eigenvalue weighted by Crippen LogP contribution is -2.34. The molecule has 12 heteroatoms. The van der Waals surface area contributed by atoms with E-state index in [1.54, 1.807) is 42.5 Å². The van der Waals surface area contributed by atoms with Crippen molar-refractivity contribution in [2.75, 3.05) is 5.32 Å². The number of thiocarbonyl (C=S) groups is 1. The Morgan fingerprint density at radius 2 is 1.79 bits per heavy atom. The highest BCUT2D eigenvalue weighted by Gasteiger charge is 2.20. The van der Waals surface area contributed by atoms with Crippen molar-refractivity contribution in [3.63, 3.8) is 0 Å². The van der Waals surface area contributed by atoms with Crippen molar-refractivity contribution in [1.82, 2.24) is 10.3 Å². The SMILES string of the molecule is Cc1c(NC(=S)NC(=O)c2ccc(-c3ccccc3[N+](=O)[O-])o2)cccc1-c1nc2cc(Cl)cc(Cl)c2o1. The molecule has 38 heavy (non-hydrogen) atoms. The molecule has 0 aliphatic rings. The first-order valence-corrected chi connectivity index (χ1v) is 12.2. The number of furan rings is 1. The highest BCUT2D eigenvalue weighted by molar-refractivity contribution is 7.80. The monoisotopic (exact) mass is 566 g/mol. The minimum absolute atomic E-state index is 0.0197. The fourth-order valence-corrected chi connectivity index (χ4v) is 4.57. The van der Waals surface area contributed by atoms with E-state index in [0.29, 0.717) is 38.3 Å². The second-order valence-corrected chi connectivity index (χ2v) is 9.33. The van der Waals surface area contributed by atoms with E-state index in [1.807, 2.05) is 13.0 Å². The van der Waals surface area contributed by atoms with Gasteiger partial charge in [0.15, 0.2) is 16.5 Å². The van der Waals surface area contributed by atoms with Crippen LogP contribution in [0.1, 0.15) is 16.1 Å². The second kappa shape index (κ2) is 10.3. The Morgan fingerprint density at radius 3 is 2.58 bits per heavy atom. The molecule has 5 aromatic rings. The number of nitrogens with zero attached hydrogens (tertiary/aromatic N) is 2. The summed E-state index contributed by atoms with van der Waals surface area (Å²) in [7, 11) is 0. The summed E-state index contributed by atoms with van der Waals surface area (Å²) < 4.78 is 11.5.